The van der Waals surface area contributed by atoms with Gasteiger partial charge in [-0.2, -0.15) is 0 Å². The second kappa shape index (κ2) is 8.10. The summed E-state index contributed by atoms with van der Waals surface area (Å²) in [6.07, 6.45) is 3.31. The summed E-state index contributed by atoms with van der Waals surface area (Å²) >= 11 is 0. The first kappa shape index (κ1) is 20.4. The summed E-state index contributed by atoms with van der Waals surface area (Å²) in [6, 6.07) is 13.7. The van der Waals surface area contributed by atoms with Crippen molar-refractivity contribution in [2.45, 2.75) is 19.5 Å². The van der Waals surface area contributed by atoms with Crippen molar-refractivity contribution in [3.63, 3.8) is 0 Å². The molecule has 1 amide bonds. The number of pyridine rings is 1. The van der Waals surface area contributed by atoms with Gasteiger partial charge in [0.25, 0.3) is 5.91 Å². The van der Waals surface area contributed by atoms with Gasteiger partial charge < -0.3 is 19.3 Å². The number of benzene rings is 1. The molecule has 0 saturated heterocycles. The highest BCUT2D eigenvalue weighted by Gasteiger charge is 2.44. The molecule has 0 saturated carbocycles. The number of nitrogens with zero attached hydrogens (tertiary/aromatic N) is 3. The number of aliphatic hydroxyl groups is 1. The van der Waals surface area contributed by atoms with Gasteiger partial charge in [-0.3, -0.25) is 14.6 Å². The Bertz CT molecular complexity index is 1150. The third kappa shape index (κ3) is 3.82. The van der Waals surface area contributed by atoms with Crippen molar-refractivity contribution in [3.05, 3.63) is 94.9 Å². The first-order chi connectivity index (χ1) is 14.9. The van der Waals surface area contributed by atoms with Crippen LogP contribution in [-0.4, -0.2) is 40.8 Å². The fraction of sp³-hybridized carbons (Fsp3) is 0.208. The molecule has 31 heavy (non-hydrogen) atoms. The maximum absolute atomic E-state index is 13.3. The van der Waals surface area contributed by atoms with Crippen LogP contribution < -0.4 is 4.90 Å². The molecule has 3 heterocycles. The van der Waals surface area contributed by atoms with Crippen LogP contribution in [0.5, 0.6) is 0 Å². The molecule has 4 rings (SSSR count). The van der Waals surface area contributed by atoms with Crippen LogP contribution in [0.25, 0.3) is 0 Å². The van der Waals surface area contributed by atoms with E-state index in [1.807, 2.05) is 49.3 Å². The molecule has 0 aliphatic carbocycles. The molecular weight excluding hydrogens is 394 g/mol. The summed E-state index contributed by atoms with van der Waals surface area (Å²) in [5.74, 6) is -0.993. The van der Waals surface area contributed by atoms with Crippen LogP contribution in [0.1, 0.15) is 33.5 Å². The molecule has 0 spiro atoms. The number of furan rings is 1. The Kier molecular flexibility index (Phi) is 5.33. The lowest BCUT2D eigenvalue weighted by Gasteiger charge is -2.27. The van der Waals surface area contributed by atoms with Gasteiger partial charge in [0.2, 0.25) is 5.78 Å². The predicted molar refractivity (Wildman–Crippen MR) is 116 cm³/mol. The number of anilines is 1. The fourth-order valence-electron chi connectivity index (χ4n) is 3.73. The van der Waals surface area contributed by atoms with Crippen LogP contribution in [0.2, 0.25) is 0 Å². The summed E-state index contributed by atoms with van der Waals surface area (Å²) < 4.78 is 5.49. The van der Waals surface area contributed by atoms with Crippen molar-refractivity contribution in [2.24, 2.45) is 0 Å². The number of rotatable bonds is 6. The van der Waals surface area contributed by atoms with E-state index in [9.17, 15) is 14.7 Å². The van der Waals surface area contributed by atoms with Crippen molar-refractivity contribution in [1.29, 1.82) is 0 Å². The van der Waals surface area contributed by atoms with Crippen molar-refractivity contribution >= 4 is 17.4 Å². The maximum atomic E-state index is 13.3. The minimum absolute atomic E-state index is 0.0147. The summed E-state index contributed by atoms with van der Waals surface area (Å²) in [6.45, 7) is 1.93. The van der Waals surface area contributed by atoms with Crippen LogP contribution >= 0.6 is 0 Å². The van der Waals surface area contributed by atoms with E-state index in [-0.39, 0.29) is 17.9 Å². The molecule has 7 heteroatoms. The molecule has 0 fully saturated rings. The number of carbonyl (C=O) groups excluding carboxylic acids is 2. The number of ketones is 1. The molecule has 7 nitrogen and oxygen atoms in total. The molecule has 3 aromatic rings. The fourth-order valence-corrected chi connectivity index (χ4v) is 3.73. The maximum Gasteiger partial charge on any atom is 0.290 e. The first-order valence-electron chi connectivity index (χ1n) is 9.88. The smallest absolute Gasteiger partial charge is 0.290 e. The predicted octanol–water partition coefficient (Wildman–Crippen LogP) is 3.83. The van der Waals surface area contributed by atoms with E-state index in [0.717, 1.165) is 16.8 Å². The Hall–Kier alpha value is -3.87. The molecule has 1 aliphatic heterocycles. The van der Waals surface area contributed by atoms with Gasteiger partial charge in [-0.25, -0.2) is 0 Å². The van der Waals surface area contributed by atoms with E-state index in [4.69, 9.17) is 4.42 Å². The number of amides is 1. The highest BCUT2D eigenvalue weighted by molar-refractivity contribution is 6.15. The van der Waals surface area contributed by atoms with Gasteiger partial charge in [0.05, 0.1) is 11.6 Å². The molecule has 1 aliphatic rings. The van der Waals surface area contributed by atoms with Gasteiger partial charge >= 0.3 is 0 Å². The molecular formula is C24H23N3O4. The zero-order valence-corrected chi connectivity index (χ0v) is 17.6. The SMILES string of the molecule is Cc1ccc(C(=O)C2=C(O)C(=O)N(Cc3cccnc3)[C@H]2c2ccc(N(C)C)cc2)o1. The van der Waals surface area contributed by atoms with E-state index in [0.29, 0.717) is 5.76 Å². The minimum Gasteiger partial charge on any atom is -0.503 e. The number of aryl methyl sites for hydroxylation is 1. The molecule has 1 aromatic carbocycles. The van der Waals surface area contributed by atoms with Crippen LogP contribution in [0.4, 0.5) is 5.69 Å². The quantitative estimate of drug-likeness (QED) is 0.614. The molecule has 0 unspecified atom stereocenters. The lowest BCUT2D eigenvalue weighted by atomic mass is 9.94. The van der Waals surface area contributed by atoms with Crippen LogP contribution in [0.3, 0.4) is 0 Å². The topological polar surface area (TPSA) is 86.9 Å². The van der Waals surface area contributed by atoms with Gasteiger partial charge in [-0.1, -0.05) is 18.2 Å². The molecule has 1 atom stereocenters. The average molecular weight is 417 g/mol. The third-order valence-corrected chi connectivity index (χ3v) is 5.31. The Balaban J connectivity index is 1.79. The Morgan fingerprint density at radius 1 is 1.16 bits per heavy atom. The van der Waals surface area contributed by atoms with Gasteiger partial charge in [-0.05, 0) is 48.4 Å². The van der Waals surface area contributed by atoms with E-state index in [2.05, 4.69) is 4.98 Å². The zero-order valence-electron chi connectivity index (χ0n) is 17.6. The summed E-state index contributed by atoms with van der Waals surface area (Å²) in [5, 5.41) is 10.7. The van der Waals surface area contributed by atoms with Gasteiger partial charge in [0.15, 0.2) is 11.5 Å². The molecule has 0 radical (unpaired) electrons. The van der Waals surface area contributed by atoms with Crippen LogP contribution in [0, 0.1) is 6.92 Å². The number of Topliss-reactive ketones (excluding diaryl/α,β-unsaturated/α-hetero) is 1. The van der Waals surface area contributed by atoms with Gasteiger partial charge in [-0.15, -0.1) is 0 Å². The Morgan fingerprint density at radius 3 is 2.48 bits per heavy atom. The van der Waals surface area contributed by atoms with E-state index in [1.165, 1.54) is 4.90 Å². The Morgan fingerprint density at radius 2 is 1.90 bits per heavy atom. The number of hydrogen-bond donors (Lipinski definition) is 1. The molecule has 0 bridgehead atoms. The van der Waals surface area contributed by atoms with E-state index < -0.39 is 23.5 Å². The van der Waals surface area contributed by atoms with E-state index >= 15 is 0 Å². The van der Waals surface area contributed by atoms with E-state index in [1.54, 1.807) is 37.5 Å². The zero-order chi connectivity index (χ0) is 22.1. The third-order valence-electron chi connectivity index (χ3n) is 5.31. The lowest BCUT2D eigenvalue weighted by Crippen LogP contribution is -2.30. The first-order valence-corrected chi connectivity index (χ1v) is 9.88. The number of aromatic nitrogens is 1. The largest absolute Gasteiger partial charge is 0.503 e. The lowest BCUT2D eigenvalue weighted by molar-refractivity contribution is -0.130. The van der Waals surface area contributed by atoms with Crippen molar-refractivity contribution in [3.8, 4) is 0 Å². The molecule has 1 N–H and O–H groups in total. The summed E-state index contributed by atoms with van der Waals surface area (Å²) in [5.41, 5.74) is 2.51. The van der Waals surface area contributed by atoms with Gasteiger partial charge in [0.1, 0.15) is 5.76 Å². The molecule has 158 valence electrons. The summed E-state index contributed by atoms with van der Waals surface area (Å²) in [7, 11) is 3.87. The second-order valence-corrected chi connectivity index (χ2v) is 7.68. The highest BCUT2D eigenvalue weighted by atomic mass is 16.3. The average Bonchev–Trinajstić information content (AvgIpc) is 3.31. The van der Waals surface area contributed by atoms with Crippen molar-refractivity contribution in [2.75, 3.05) is 19.0 Å². The van der Waals surface area contributed by atoms with Crippen LogP contribution in [-0.2, 0) is 11.3 Å². The van der Waals surface area contributed by atoms with Crippen molar-refractivity contribution in [1.82, 2.24) is 9.88 Å². The van der Waals surface area contributed by atoms with Gasteiger partial charge in [0, 0.05) is 38.7 Å². The number of carbonyl (C=O) groups is 2. The number of aliphatic hydroxyl groups excluding tert-OH is 1. The van der Waals surface area contributed by atoms with Crippen molar-refractivity contribution < 1.29 is 19.1 Å². The molecule has 2 aromatic heterocycles. The normalized spacial score (nSPS) is 16.2. The standard InChI is InChI=1S/C24H23N3O4/c1-15-6-11-19(31-15)22(28)20-21(17-7-9-18(10-8-17)26(2)3)27(24(30)23(20)29)14-16-5-4-12-25-13-16/h4-13,21,29H,14H2,1-3H3/t21-/m0/s1. The summed E-state index contributed by atoms with van der Waals surface area (Å²) in [4.78, 5) is 33.8. The Labute approximate surface area is 180 Å². The van der Waals surface area contributed by atoms with Crippen LogP contribution in [0.15, 0.2) is 76.7 Å². The number of hydrogen-bond acceptors (Lipinski definition) is 6. The highest BCUT2D eigenvalue weighted by Crippen LogP contribution is 2.40. The monoisotopic (exact) mass is 417 g/mol. The minimum atomic E-state index is -0.748. The second-order valence-electron chi connectivity index (χ2n) is 7.68.